The summed E-state index contributed by atoms with van der Waals surface area (Å²) < 4.78 is 44.5. The third kappa shape index (κ3) is 8.93. The number of likely N-dealkylation sites (N-methyl/N-ethyl adjacent to an activating group) is 1. The maximum absolute atomic E-state index is 12.9. The summed E-state index contributed by atoms with van der Waals surface area (Å²) in [5.41, 5.74) is 9.86. The first-order valence-corrected chi connectivity index (χ1v) is 13.7. The van der Waals surface area contributed by atoms with Crippen LogP contribution < -0.4 is 10.5 Å². The molecule has 0 spiro atoms. The first kappa shape index (κ1) is 31.0. The van der Waals surface area contributed by atoms with E-state index in [4.69, 9.17) is 31.5 Å². The van der Waals surface area contributed by atoms with E-state index < -0.39 is 10.0 Å². The van der Waals surface area contributed by atoms with Crippen molar-refractivity contribution < 1.29 is 22.6 Å². The molecule has 1 heterocycles. The Kier molecular flexibility index (Phi) is 13.1. The zero-order valence-electron chi connectivity index (χ0n) is 20.9. The second kappa shape index (κ2) is 15.2. The standard InChI is InChI=1S/C25H36ClN3O5S.ClH/c1-19-14-21(26)16-23-24(19)17-29(2)18-25(23)20-4-3-5-22(15-20)35(30,31)28-7-9-33-11-13-34-12-10-32-8-6-27;/h3-5,14-16,25,28H,6-13,17-18,27H2,1-2H3;1H. The average molecular weight is 563 g/mol. The summed E-state index contributed by atoms with van der Waals surface area (Å²) in [5, 5.41) is 0.701. The molecule has 3 N–H and O–H groups in total. The van der Waals surface area contributed by atoms with Crippen LogP contribution in [0.15, 0.2) is 41.3 Å². The molecule has 8 nitrogen and oxygen atoms in total. The van der Waals surface area contributed by atoms with E-state index in [2.05, 4.69) is 23.6 Å². The summed E-state index contributed by atoms with van der Waals surface area (Å²) in [7, 11) is -1.59. The van der Waals surface area contributed by atoms with E-state index in [1.165, 1.54) is 5.56 Å². The molecule has 1 unspecified atom stereocenters. The van der Waals surface area contributed by atoms with Crippen LogP contribution >= 0.6 is 24.0 Å². The van der Waals surface area contributed by atoms with Gasteiger partial charge in [0.05, 0.1) is 44.5 Å². The predicted molar refractivity (Wildman–Crippen MR) is 145 cm³/mol. The maximum atomic E-state index is 12.9. The van der Waals surface area contributed by atoms with Crippen LogP contribution in [0.25, 0.3) is 0 Å². The van der Waals surface area contributed by atoms with Gasteiger partial charge in [0.25, 0.3) is 0 Å². The maximum Gasteiger partial charge on any atom is 0.240 e. The topological polar surface area (TPSA) is 103 Å². The number of ether oxygens (including phenoxy) is 3. The van der Waals surface area contributed by atoms with Crippen molar-refractivity contribution in [3.8, 4) is 0 Å². The summed E-state index contributed by atoms with van der Waals surface area (Å²) in [6.45, 7) is 6.90. The normalized spacial score (nSPS) is 15.9. The van der Waals surface area contributed by atoms with Crippen LogP contribution in [0.3, 0.4) is 0 Å². The number of nitrogens with zero attached hydrogens (tertiary/aromatic N) is 1. The lowest BCUT2D eigenvalue weighted by Gasteiger charge is -2.34. The smallest absolute Gasteiger partial charge is 0.240 e. The second-order valence-corrected chi connectivity index (χ2v) is 10.8. The van der Waals surface area contributed by atoms with E-state index in [1.807, 2.05) is 18.2 Å². The number of hydrogen-bond acceptors (Lipinski definition) is 7. The van der Waals surface area contributed by atoms with E-state index in [9.17, 15) is 8.42 Å². The molecule has 1 aliphatic rings. The van der Waals surface area contributed by atoms with Crippen LogP contribution in [0, 0.1) is 6.92 Å². The van der Waals surface area contributed by atoms with Gasteiger partial charge in [-0.2, -0.15) is 0 Å². The third-order valence-electron chi connectivity index (χ3n) is 5.89. The largest absolute Gasteiger partial charge is 0.378 e. The van der Waals surface area contributed by atoms with Gasteiger partial charge in [0.15, 0.2) is 0 Å². The fourth-order valence-corrected chi connectivity index (χ4v) is 5.56. The average Bonchev–Trinajstić information content (AvgIpc) is 2.82. The monoisotopic (exact) mass is 561 g/mol. The molecule has 2 aromatic carbocycles. The van der Waals surface area contributed by atoms with Crippen molar-refractivity contribution in [1.29, 1.82) is 0 Å². The lowest BCUT2D eigenvalue weighted by atomic mass is 9.83. The number of rotatable bonds is 14. The summed E-state index contributed by atoms with van der Waals surface area (Å²) in [6.07, 6.45) is 0. The number of nitrogens with two attached hydrogens (primary N) is 1. The molecular formula is C25H37Cl2N3O5S. The van der Waals surface area contributed by atoms with Crippen LogP contribution in [0.4, 0.5) is 0 Å². The summed E-state index contributed by atoms with van der Waals surface area (Å²) in [4.78, 5) is 2.49. The molecule has 202 valence electrons. The van der Waals surface area contributed by atoms with Crippen molar-refractivity contribution in [2.45, 2.75) is 24.3 Å². The number of sulfonamides is 1. The van der Waals surface area contributed by atoms with Gasteiger partial charge in [-0.15, -0.1) is 12.4 Å². The molecule has 0 amide bonds. The van der Waals surface area contributed by atoms with Crippen molar-refractivity contribution in [2.75, 3.05) is 66.3 Å². The van der Waals surface area contributed by atoms with E-state index >= 15 is 0 Å². The molecule has 11 heteroatoms. The van der Waals surface area contributed by atoms with Crippen molar-refractivity contribution in [1.82, 2.24) is 9.62 Å². The highest BCUT2D eigenvalue weighted by molar-refractivity contribution is 7.89. The highest BCUT2D eigenvalue weighted by atomic mass is 35.5. The van der Waals surface area contributed by atoms with Gasteiger partial charge in [-0.25, -0.2) is 13.1 Å². The minimum Gasteiger partial charge on any atom is -0.378 e. The van der Waals surface area contributed by atoms with Crippen LogP contribution in [0.5, 0.6) is 0 Å². The molecule has 1 aliphatic heterocycles. The molecule has 0 bridgehead atoms. The third-order valence-corrected chi connectivity index (χ3v) is 7.56. The van der Waals surface area contributed by atoms with Crippen molar-refractivity contribution in [3.63, 3.8) is 0 Å². The highest BCUT2D eigenvalue weighted by Crippen LogP contribution is 2.37. The SMILES string of the molecule is Cc1cc(Cl)cc2c1CN(C)CC2c1cccc(S(=O)(=O)NCCOCCOCCOCCN)c1.Cl. The van der Waals surface area contributed by atoms with Crippen molar-refractivity contribution in [3.05, 3.63) is 63.7 Å². The Hall–Kier alpha value is -1.27. The van der Waals surface area contributed by atoms with Crippen molar-refractivity contribution >= 4 is 34.0 Å². The molecule has 36 heavy (non-hydrogen) atoms. The van der Waals surface area contributed by atoms with Gasteiger partial charge in [0.2, 0.25) is 10.0 Å². The number of benzene rings is 2. The van der Waals surface area contributed by atoms with Crippen molar-refractivity contribution in [2.24, 2.45) is 5.73 Å². The van der Waals surface area contributed by atoms with Crippen LogP contribution in [0.1, 0.15) is 28.2 Å². The Labute approximate surface area is 225 Å². The molecule has 0 aliphatic carbocycles. The number of fused-ring (bicyclic) bond motifs is 1. The predicted octanol–water partition coefficient (Wildman–Crippen LogP) is 2.93. The van der Waals surface area contributed by atoms with Crippen LogP contribution in [0.2, 0.25) is 5.02 Å². The number of aryl methyl sites for hydroxylation is 1. The fourth-order valence-electron chi connectivity index (χ4n) is 4.21. The zero-order valence-corrected chi connectivity index (χ0v) is 23.3. The molecule has 0 fully saturated rings. The van der Waals surface area contributed by atoms with Gasteiger partial charge in [0, 0.05) is 37.1 Å². The van der Waals surface area contributed by atoms with Crippen LogP contribution in [-0.4, -0.2) is 79.6 Å². The second-order valence-electron chi connectivity index (χ2n) is 8.64. The Balaban J connectivity index is 0.00000456. The lowest BCUT2D eigenvalue weighted by molar-refractivity contribution is 0.0171. The van der Waals surface area contributed by atoms with Gasteiger partial charge in [-0.1, -0.05) is 23.7 Å². The Morgan fingerprint density at radius 2 is 1.72 bits per heavy atom. The Morgan fingerprint density at radius 3 is 2.42 bits per heavy atom. The quantitative estimate of drug-likeness (QED) is 0.342. The minimum absolute atomic E-state index is 0. The fraction of sp³-hybridized carbons (Fsp3) is 0.520. The Bertz CT molecular complexity index is 1070. The molecule has 0 saturated carbocycles. The van der Waals surface area contributed by atoms with Gasteiger partial charge < -0.3 is 24.8 Å². The molecular weight excluding hydrogens is 525 g/mol. The van der Waals surface area contributed by atoms with E-state index in [1.54, 1.807) is 18.2 Å². The van der Waals surface area contributed by atoms with Gasteiger partial charge >= 0.3 is 0 Å². The molecule has 3 rings (SSSR count). The number of nitrogens with one attached hydrogen (secondary N) is 1. The molecule has 0 aromatic heterocycles. The summed E-state index contributed by atoms with van der Waals surface area (Å²) in [5.74, 6) is 0.0420. The number of hydrogen-bond donors (Lipinski definition) is 2. The zero-order chi connectivity index (χ0) is 25.3. The van der Waals surface area contributed by atoms with Crippen LogP contribution in [-0.2, 0) is 30.8 Å². The van der Waals surface area contributed by atoms with Gasteiger partial charge in [0.1, 0.15) is 0 Å². The lowest BCUT2D eigenvalue weighted by Crippen LogP contribution is -2.32. The van der Waals surface area contributed by atoms with E-state index in [0.29, 0.717) is 44.6 Å². The minimum atomic E-state index is -3.67. The van der Waals surface area contributed by atoms with E-state index in [-0.39, 0.29) is 36.4 Å². The first-order chi connectivity index (χ1) is 16.8. The Morgan fingerprint density at radius 1 is 1.06 bits per heavy atom. The molecule has 0 saturated heterocycles. The van der Waals surface area contributed by atoms with E-state index in [0.717, 1.165) is 29.8 Å². The van der Waals surface area contributed by atoms with Gasteiger partial charge in [-0.3, -0.25) is 0 Å². The highest BCUT2D eigenvalue weighted by Gasteiger charge is 2.27. The summed E-state index contributed by atoms with van der Waals surface area (Å²) in [6, 6.07) is 11.1. The molecule has 0 radical (unpaired) electrons. The molecule has 2 aromatic rings. The number of halogens is 2. The summed E-state index contributed by atoms with van der Waals surface area (Å²) >= 11 is 6.36. The first-order valence-electron chi connectivity index (χ1n) is 11.8. The van der Waals surface area contributed by atoms with Gasteiger partial charge in [-0.05, 0) is 60.5 Å². The molecule has 1 atom stereocenters.